The Kier molecular flexibility index (Phi) is 1.77. The summed E-state index contributed by atoms with van der Waals surface area (Å²) in [7, 11) is -3.27. The van der Waals surface area contributed by atoms with E-state index in [1.165, 1.54) is 0 Å². The van der Waals surface area contributed by atoms with Crippen LogP contribution in [0.25, 0.3) is 0 Å². The minimum absolute atomic E-state index is 0.0972. The van der Waals surface area contributed by atoms with E-state index in [-0.39, 0.29) is 6.10 Å². The van der Waals surface area contributed by atoms with E-state index >= 15 is 0 Å². The molecule has 2 bridgehead atoms. The van der Waals surface area contributed by atoms with Crippen LogP contribution < -0.4 is 0 Å². The van der Waals surface area contributed by atoms with Crippen molar-refractivity contribution in [2.24, 2.45) is 11.8 Å². The topological polar surface area (TPSA) is 43.4 Å². The predicted octanol–water partition coefficient (Wildman–Crippen LogP) is 0.927. The number of hydrogen-bond acceptors (Lipinski definition) is 3. The average Bonchev–Trinajstić information content (AvgIpc) is 2.46. The molecule has 0 amide bonds. The number of hydrogen-bond donors (Lipinski definition) is 0. The van der Waals surface area contributed by atoms with Gasteiger partial charge in [-0.1, -0.05) is 12.2 Å². The standard InChI is InChI=1S/C8H12O3S/c1-12(9,10)11-8-6-2-3-7(8)5-4-6/h2-3,6-8H,4-5H2,1H3/t6-,7+,8?. The van der Waals surface area contributed by atoms with Gasteiger partial charge in [0.15, 0.2) is 0 Å². The van der Waals surface area contributed by atoms with Gasteiger partial charge in [0.2, 0.25) is 0 Å². The van der Waals surface area contributed by atoms with Crippen LogP contribution in [0.2, 0.25) is 0 Å². The molecule has 0 N–H and O–H groups in total. The van der Waals surface area contributed by atoms with Crippen molar-refractivity contribution < 1.29 is 12.6 Å². The van der Waals surface area contributed by atoms with Crippen molar-refractivity contribution in [3.8, 4) is 0 Å². The molecule has 2 aliphatic carbocycles. The highest BCUT2D eigenvalue weighted by Gasteiger charge is 2.40. The van der Waals surface area contributed by atoms with Gasteiger partial charge in [-0.2, -0.15) is 8.42 Å². The van der Waals surface area contributed by atoms with Gasteiger partial charge in [0, 0.05) is 11.8 Å². The molecular weight excluding hydrogens is 176 g/mol. The summed E-state index contributed by atoms with van der Waals surface area (Å²) in [6, 6.07) is 0. The fourth-order valence-electron chi connectivity index (χ4n) is 2.07. The second-order valence-corrected chi connectivity index (χ2v) is 5.16. The Balaban J connectivity index is 2.09. The summed E-state index contributed by atoms with van der Waals surface area (Å²) >= 11 is 0. The summed E-state index contributed by atoms with van der Waals surface area (Å²) in [6.45, 7) is 0. The highest BCUT2D eigenvalue weighted by molar-refractivity contribution is 7.86. The average molecular weight is 188 g/mol. The number of rotatable bonds is 2. The van der Waals surface area contributed by atoms with E-state index in [1.54, 1.807) is 0 Å². The van der Waals surface area contributed by atoms with E-state index in [4.69, 9.17) is 4.18 Å². The predicted molar refractivity (Wildman–Crippen MR) is 45.1 cm³/mol. The van der Waals surface area contributed by atoms with Gasteiger partial charge < -0.3 is 0 Å². The van der Waals surface area contributed by atoms with Gasteiger partial charge in [-0.25, -0.2) is 0 Å². The van der Waals surface area contributed by atoms with Crippen LogP contribution in [-0.4, -0.2) is 20.8 Å². The lowest BCUT2D eigenvalue weighted by Gasteiger charge is -2.14. The fraction of sp³-hybridized carbons (Fsp3) is 0.750. The quantitative estimate of drug-likeness (QED) is 0.478. The molecule has 1 unspecified atom stereocenters. The van der Waals surface area contributed by atoms with E-state index in [0.717, 1.165) is 19.1 Å². The van der Waals surface area contributed by atoms with Crippen molar-refractivity contribution in [1.82, 2.24) is 0 Å². The Morgan fingerprint density at radius 2 is 1.75 bits per heavy atom. The molecule has 0 aromatic rings. The molecule has 12 heavy (non-hydrogen) atoms. The third-order valence-electron chi connectivity index (χ3n) is 2.57. The van der Waals surface area contributed by atoms with Crippen molar-refractivity contribution in [2.45, 2.75) is 18.9 Å². The molecule has 2 rings (SSSR count). The van der Waals surface area contributed by atoms with Crippen LogP contribution in [0.4, 0.5) is 0 Å². The second kappa shape index (κ2) is 2.57. The molecule has 1 fully saturated rings. The first-order valence-electron chi connectivity index (χ1n) is 4.13. The van der Waals surface area contributed by atoms with E-state index in [9.17, 15) is 8.42 Å². The molecule has 0 heterocycles. The summed E-state index contributed by atoms with van der Waals surface area (Å²) in [5.41, 5.74) is 0. The molecule has 4 heteroatoms. The van der Waals surface area contributed by atoms with Crippen molar-refractivity contribution in [3.05, 3.63) is 12.2 Å². The van der Waals surface area contributed by atoms with Crippen LogP contribution >= 0.6 is 0 Å². The molecule has 0 aromatic carbocycles. The minimum atomic E-state index is -3.27. The Hall–Kier alpha value is -0.350. The first kappa shape index (κ1) is 8.26. The Morgan fingerprint density at radius 1 is 1.25 bits per heavy atom. The monoisotopic (exact) mass is 188 g/mol. The summed E-state index contributed by atoms with van der Waals surface area (Å²) in [6.07, 6.45) is 7.31. The fourth-order valence-corrected chi connectivity index (χ4v) is 2.76. The highest BCUT2D eigenvalue weighted by atomic mass is 32.2. The Morgan fingerprint density at radius 3 is 2.08 bits per heavy atom. The van der Waals surface area contributed by atoms with Crippen molar-refractivity contribution in [2.75, 3.05) is 6.26 Å². The van der Waals surface area contributed by atoms with Crippen molar-refractivity contribution in [3.63, 3.8) is 0 Å². The molecule has 2 aliphatic rings. The Bertz CT molecular complexity index is 290. The second-order valence-electron chi connectivity index (χ2n) is 3.55. The third-order valence-corrected chi connectivity index (χ3v) is 3.14. The largest absolute Gasteiger partial charge is 0.266 e. The van der Waals surface area contributed by atoms with E-state index in [1.807, 2.05) is 0 Å². The third kappa shape index (κ3) is 1.41. The summed E-state index contributed by atoms with van der Waals surface area (Å²) < 4.78 is 26.7. The summed E-state index contributed by atoms with van der Waals surface area (Å²) in [4.78, 5) is 0. The lowest BCUT2D eigenvalue weighted by molar-refractivity contribution is 0.173. The van der Waals surface area contributed by atoms with Crippen LogP contribution in [0.15, 0.2) is 12.2 Å². The van der Waals surface area contributed by atoms with Gasteiger partial charge in [-0.3, -0.25) is 4.18 Å². The van der Waals surface area contributed by atoms with Crippen LogP contribution in [0, 0.1) is 11.8 Å². The zero-order valence-corrected chi connectivity index (χ0v) is 7.75. The van der Waals surface area contributed by atoms with Crippen molar-refractivity contribution in [1.29, 1.82) is 0 Å². The summed E-state index contributed by atoms with van der Waals surface area (Å²) in [5, 5.41) is 0. The molecule has 0 saturated heterocycles. The van der Waals surface area contributed by atoms with E-state index < -0.39 is 10.1 Å². The summed E-state index contributed by atoms with van der Waals surface area (Å²) in [5.74, 6) is 0.675. The van der Waals surface area contributed by atoms with Crippen LogP contribution in [0.5, 0.6) is 0 Å². The highest BCUT2D eigenvalue weighted by Crippen LogP contribution is 2.41. The maximum Gasteiger partial charge on any atom is 0.264 e. The van der Waals surface area contributed by atoms with Gasteiger partial charge >= 0.3 is 0 Å². The van der Waals surface area contributed by atoms with Crippen LogP contribution in [0.1, 0.15) is 12.8 Å². The van der Waals surface area contributed by atoms with E-state index in [0.29, 0.717) is 11.8 Å². The molecule has 0 radical (unpaired) electrons. The van der Waals surface area contributed by atoms with Gasteiger partial charge in [-0.15, -0.1) is 0 Å². The van der Waals surface area contributed by atoms with Gasteiger partial charge in [-0.05, 0) is 12.8 Å². The first-order valence-corrected chi connectivity index (χ1v) is 5.94. The normalized spacial score (nSPS) is 39.2. The Labute approximate surface area is 72.5 Å². The lowest BCUT2D eigenvalue weighted by atomic mass is 10.1. The van der Waals surface area contributed by atoms with Gasteiger partial charge in [0.05, 0.1) is 12.4 Å². The van der Waals surface area contributed by atoms with E-state index in [2.05, 4.69) is 12.2 Å². The molecule has 68 valence electrons. The maximum atomic E-state index is 10.9. The van der Waals surface area contributed by atoms with Gasteiger partial charge in [0.25, 0.3) is 10.1 Å². The molecule has 0 aliphatic heterocycles. The van der Waals surface area contributed by atoms with Crippen molar-refractivity contribution >= 4 is 10.1 Å². The minimum Gasteiger partial charge on any atom is -0.266 e. The first-order chi connectivity index (χ1) is 5.56. The van der Waals surface area contributed by atoms with Crippen LogP contribution in [0.3, 0.4) is 0 Å². The zero-order valence-electron chi connectivity index (χ0n) is 6.93. The lowest BCUT2D eigenvalue weighted by Crippen LogP contribution is -2.22. The molecule has 0 spiro atoms. The zero-order chi connectivity index (χ0) is 8.77. The van der Waals surface area contributed by atoms with Gasteiger partial charge in [0.1, 0.15) is 0 Å². The SMILES string of the molecule is CS(=O)(=O)OC1[C@@H]2C=C[C@H]1CC2. The smallest absolute Gasteiger partial charge is 0.264 e. The van der Waals surface area contributed by atoms with Crippen LogP contribution in [-0.2, 0) is 14.3 Å². The molecule has 3 nitrogen and oxygen atoms in total. The molecule has 1 saturated carbocycles. The maximum absolute atomic E-state index is 10.9. The molecule has 3 atom stereocenters. The molecular formula is C8H12O3S. The molecule has 0 aromatic heterocycles. The number of fused-ring (bicyclic) bond motifs is 2.